The highest BCUT2D eigenvalue weighted by molar-refractivity contribution is 7.90. The van der Waals surface area contributed by atoms with E-state index in [1.807, 2.05) is 0 Å². The van der Waals surface area contributed by atoms with Crippen LogP contribution in [0.3, 0.4) is 0 Å². The van der Waals surface area contributed by atoms with Crippen LogP contribution in [0, 0.1) is 0 Å². The van der Waals surface area contributed by atoms with Gasteiger partial charge in [-0.25, -0.2) is 8.42 Å². The van der Waals surface area contributed by atoms with Crippen LogP contribution < -0.4 is 4.74 Å². The van der Waals surface area contributed by atoms with E-state index in [2.05, 4.69) is 11.7 Å². The van der Waals surface area contributed by atoms with Crippen molar-refractivity contribution in [2.45, 2.75) is 31.1 Å². The maximum absolute atomic E-state index is 12.2. The van der Waals surface area contributed by atoms with Gasteiger partial charge in [0.25, 0.3) is 0 Å². The summed E-state index contributed by atoms with van der Waals surface area (Å²) in [4.78, 5) is 29.0. The Kier molecular flexibility index (Phi) is 7.80. The minimum atomic E-state index is -3.74. The lowest BCUT2D eigenvalue weighted by Gasteiger charge is -2.17. The van der Waals surface area contributed by atoms with Crippen LogP contribution in [-0.2, 0) is 24.3 Å². The minimum Gasteiger partial charge on any atom is -0.506 e. The van der Waals surface area contributed by atoms with Crippen molar-refractivity contribution in [3.8, 4) is 5.75 Å². The van der Waals surface area contributed by atoms with Crippen LogP contribution in [-0.4, -0.2) is 50.3 Å². The van der Waals surface area contributed by atoms with Gasteiger partial charge in [0.05, 0.1) is 10.7 Å². The zero-order chi connectivity index (χ0) is 22.5. The van der Waals surface area contributed by atoms with Crippen molar-refractivity contribution in [1.29, 1.82) is 0 Å². The Hall–Kier alpha value is -2.65. The molecule has 0 aliphatic heterocycles. The molecule has 1 aromatic carbocycles. The van der Waals surface area contributed by atoms with Crippen LogP contribution in [0.1, 0.15) is 31.7 Å². The number of carbonyl (C=O) groups is 2. The van der Waals surface area contributed by atoms with Gasteiger partial charge in [0.1, 0.15) is 29.4 Å². The van der Waals surface area contributed by atoms with Gasteiger partial charge in [-0.3, -0.25) is 9.59 Å². The highest BCUT2D eigenvalue weighted by Gasteiger charge is 2.30. The molecular weight excluding hydrogens is 434 g/mol. The summed E-state index contributed by atoms with van der Waals surface area (Å²) in [6.45, 7) is 5.12. The molecule has 10 heteroatoms. The molecule has 0 unspecified atom stereocenters. The summed E-state index contributed by atoms with van der Waals surface area (Å²) < 4.78 is 29.9. The first-order chi connectivity index (χ1) is 14.1. The molecule has 162 valence electrons. The molecular formula is C20H22ClNO7S. The molecule has 0 aromatic heterocycles. The normalized spacial score (nSPS) is 15.2. The standard InChI is InChI=1S/C20H22ClNO7S/c1-4-10-29-22-12(2)11-28-20-16(30(3,26)27)9-8-13(18(20)21)19(25)17-14(23)6-5-7-15(17)24/h4,8-9,25H,1,5-7,10-11H2,2-3H3/b22-12+. The summed E-state index contributed by atoms with van der Waals surface area (Å²) in [5.41, 5.74) is -0.0232. The van der Waals surface area contributed by atoms with Crippen LogP contribution in [0.4, 0.5) is 0 Å². The summed E-state index contributed by atoms with van der Waals surface area (Å²) in [5, 5.41) is 14.1. The predicted molar refractivity (Wildman–Crippen MR) is 113 cm³/mol. The van der Waals surface area contributed by atoms with E-state index in [4.69, 9.17) is 21.2 Å². The summed E-state index contributed by atoms with van der Waals surface area (Å²) in [6, 6.07) is 2.43. The van der Waals surface area contributed by atoms with Crippen molar-refractivity contribution in [2.75, 3.05) is 19.5 Å². The smallest absolute Gasteiger partial charge is 0.179 e. The summed E-state index contributed by atoms with van der Waals surface area (Å²) in [7, 11) is -3.74. The molecule has 0 spiro atoms. The quantitative estimate of drug-likeness (QED) is 0.121. The average Bonchev–Trinajstić information content (AvgIpc) is 2.66. The van der Waals surface area contributed by atoms with Gasteiger partial charge in [0, 0.05) is 24.7 Å². The first-order valence-electron chi connectivity index (χ1n) is 8.99. The van der Waals surface area contributed by atoms with Crippen LogP contribution in [0.25, 0.3) is 5.76 Å². The van der Waals surface area contributed by atoms with E-state index in [1.165, 1.54) is 18.2 Å². The average molecular weight is 456 g/mol. The number of benzene rings is 1. The molecule has 1 saturated carbocycles. The molecule has 8 nitrogen and oxygen atoms in total. The number of Topliss-reactive ketones (excluding diaryl/α,β-unsaturated/α-hetero) is 2. The highest BCUT2D eigenvalue weighted by Crippen LogP contribution is 2.39. The molecule has 0 saturated heterocycles. The van der Waals surface area contributed by atoms with Gasteiger partial charge >= 0.3 is 0 Å². The molecule has 0 bridgehead atoms. The molecule has 1 aliphatic rings. The fraction of sp³-hybridized carbons (Fsp3) is 0.350. The number of aliphatic hydroxyl groups is 1. The number of sulfone groups is 1. The number of aliphatic hydroxyl groups excluding tert-OH is 1. The van der Waals surface area contributed by atoms with Gasteiger partial charge in [-0.15, -0.1) is 0 Å². The Morgan fingerprint density at radius 1 is 1.30 bits per heavy atom. The van der Waals surface area contributed by atoms with Crippen LogP contribution in [0.15, 0.2) is 40.4 Å². The Morgan fingerprint density at radius 2 is 1.93 bits per heavy atom. The second-order valence-corrected chi connectivity index (χ2v) is 9.01. The second kappa shape index (κ2) is 9.90. The number of nitrogens with zero attached hydrogens (tertiary/aromatic N) is 1. The topological polar surface area (TPSA) is 119 Å². The fourth-order valence-electron chi connectivity index (χ4n) is 2.76. The fourth-order valence-corrected chi connectivity index (χ4v) is 3.94. The monoisotopic (exact) mass is 455 g/mol. The predicted octanol–water partition coefficient (Wildman–Crippen LogP) is 3.29. The molecule has 0 atom stereocenters. The van der Waals surface area contributed by atoms with E-state index in [9.17, 15) is 23.1 Å². The summed E-state index contributed by atoms with van der Waals surface area (Å²) in [5.74, 6) is -1.80. The van der Waals surface area contributed by atoms with E-state index in [1.54, 1.807) is 6.92 Å². The van der Waals surface area contributed by atoms with Crippen molar-refractivity contribution < 1.29 is 32.7 Å². The third-order valence-corrected chi connectivity index (χ3v) is 5.65. The van der Waals surface area contributed by atoms with Crippen molar-refractivity contribution >= 4 is 44.5 Å². The number of oxime groups is 1. The molecule has 2 rings (SSSR count). The first-order valence-corrected chi connectivity index (χ1v) is 11.3. The number of carbonyl (C=O) groups excluding carboxylic acids is 2. The van der Waals surface area contributed by atoms with Gasteiger partial charge in [-0.05, 0) is 25.5 Å². The van der Waals surface area contributed by atoms with Crippen molar-refractivity contribution in [2.24, 2.45) is 5.16 Å². The van der Waals surface area contributed by atoms with Gasteiger partial charge in [0.15, 0.2) is 27.2 Å². The van der Waals surface area contributed by atoms with Crippen molar-refractivity contribution in [3.05, 3.63) is 40.9 Å². The Balaban J connectivity index is 2.52. The number of ether oxygens (including phenoxy) is 1. The third kappa shape index (κ3) is 5.48. The first kappa shape index (κ1) is 23.6. The summed E-state index contributed by atoms with van der Waals surface area (Å²) in [6.07, 6.45) is 3.16. The van der Waals surface area contributed by atoms with E-state index in [-0.39, 0.29) is 52.9 Å². The van der Waals surface area contributed by atoms with E-state index in [0.717, 1.165) is 6.26 Å². The SMILES string of the molecule is C=CCO/N=C(\C)COc1c(S(C)(=O)=O)ccc(C(O)=C2C(=O)CCCC2=O)c1Cl. The Morgan fingerprint density at radius 3 is 2.50 bits per heavy atom. The van der Waals surface area contributed by atoms with Gasteiger partial charge in [0.2, 0.25) is 0 Å². The lowest BCUT2D eigenvalue weighted by Crippen LogP contribution is -2.20. The molecule has 1 aromatic rings. The maximum atomic E-state index is 12.2. The molecule has 0 radical (unpaired) electrons. The number of hydrogen-bond acceptors (Lipinski definition) is 8. The number of rotatable bonds is 8. The molecule has 30 heavy (non-hydrogen) atoms. The van der Waals surface area contributed by atoms with Crippen molar-refractivity contribution in [1.82, 2.24) is 0 Å². The zero-order valence-electron chi connectivity index (χ0n) is 16.6. The second-order valence-electron chi connectivity index (χ2n) is 6.65. The van der Waals surface area contributed by atoms with E-state index in [0.29, 0.717) is 12.1 Å². The summed E-state index contributed by atoms with van der Waals surface area (Å²) >= 11 is 6.35. The number of allylic oxidation sites excluding steroid dienone is 1. The maximum Gasteiger partial charge on any atom is 0.179 e. The largest absolute Gasteiger partial charge is 0.506 e. The number of ketones is 2. The van der Waals surface area contributed by atoms with Gasteiger partial charge in [-0.2, -0.15) is 0 Å². The van der Waals surface area contributed by atoms with Crippen molar-refractivity contribution in [3.63, 3.8) is 0 Å². The number of halogens is 1. The van der Waals surface area contributed by atoms with E-state index < -0.39 is 27.2 Å². The Labute approximate surface area is 179 Å². The van der Waals surface area contributed by atoms with Gasteiger partial charge < -0.3 is 14.7 Å². The zero-order valence-corrected chi connectivity index (χ0v) is 18.2. The Bertz CT molecular complexity index is 1020. The van der Waals surface area contributed by atoms with Crippen LogP contribution >= 0.6 is 11.6 Å². The van der Waals surface area contributed by atoms with Crippen LogP contribution in [0.2, 0.25) is 5.02 Å². The number of hydrogen-bond donors (Lipinski definition) is 1. The lowest BCUT2D eigenvalue weighted by atomic mass is 9.90. The highest BCUT2D eigenvalue weighted by atomic mass is 35.5. The van der Waals surface area contributed by atoms with Crippen LogP contribution in [0.5, 0.6) is 5.75 Å². The molecule has 0 heterocycles. The van der Waals surface area contributed by atoms with Gasteiger partial charge in [-0.1, -0.05) is 29.4 Å². The minimum absolute atomic E-state index is 0.0739. The van der Waals surface area contributed by atoms with E-state index >= 15 is 0 Å². The molecule has 1 fully saturated rings. The molecule has 1 N–H and O–H groups in total. The lowest BCUT2D eigenvalue weighted by molar-refractivity contribution is -0.123. The molecule has 0 amide bonds. The third-order valence-electron chi connectivity index (χ3n) is 4.16. The molecule has 1 aliphatic carbocycles.